The lowest BCUT2D eigenvalue weighted by Crippen LogP contribution is -2.20. The van der Waals surface area contributed by atoms with Gasteiger partial charge in [-0.25, -0.2) is 0 Å². The number of fused-ring (bicyclic) bond motifs is 1. The molecule has 0 atom stereocenters. The standard InChI is InChI=1S/C14H18N2O.C2H6/c1-9-8-16(6-5-11-3-4-11)14(17)13-12(9)7-10(2)15-13;1-2/h7-8,11,15H,3-6H2,1-2H3;1-2H3. The molecule has 0 aromatic carbocycles. The first-order valence-corrected chi connectivity index (χ1v) is 7.34. The van der Waals surface area contributed by atoms with Crippen LogP contribution in [0.2, 0.25) is 0 Å². The van der Waals surface area contributed by atoms with Gasteiger partial charge in [0.25, 0.3) is 5.56 Å². The zero-order valence-corrected chi connectivity index (χ0v) is 12.4. The number of H-pyrrole nitrogens is 1. The Hall–Kier alpha value is -1.51. The van der Waals surface area contributed by atoms with Crippen LogP contribution in [-0.2, 0) is 6.54 Å². The van der Waals surface area contributed by atoms with Gasteiger partial charge in [-0.2, -0.15) is 0 Å². The smallest absolute Gasteiger partial charge is 0.274 e. The molecule has 19 heavy (non-hydrogen) atoms. The summed E-state index contributed by atoms with van der Waals surface area (Å²) < 4.78 is 1.87. The normalized spacial score (nSPS) is 14.3. The van der Waals surface area contributed by atoms with Crippen molar-refractivity contribution in [2.24, 2.45) is 5.92 Å². The number of rotatable bonds is 3. The van der Waals surface area contributed by atoms with Crippen molar-refractivity contribution >= 4 is 10.9 Å². The SMILES string of the molecule is CC.Cc1cc2c(C)cn(CCC3CC3)c(=O)c2[nH]1. The third kappa shape index (κ3) is 2.91. The van der Waals surface area contributed by atoms with Crippen LogP contribution in [-0.4, -0.2) is 9.55 Å². The number of nitrogens with zero attached hydrogens (tertiary/aromatic N) is 1. The van der Waals surface area contributed by atoms with E-state index in [9.17, 15) is 4.79 Å². The summed E-state index contributed by atoms with van der Waals surface area (Å²) in [5, 5.41) is 1.06. The predicted molar refractivity (Wildman–Crippen MR) is 80.7 cm³/mol. The number of hydrogen-bond donors (Lipinski definition) is 1. The van der Waals surface area contributed by atoms with E-state index in [0.29, 0.717) is 0 Å². The number of pyridine rings is 1. The molecule has 1 saturated carbocycles. The van der Waals surface area contributed by atoms with Gasteiger partial charge in [-0.1, -0.05) is 26.7 Å². The Balaban J connectivity index is 0.000000637. The first-order chi connectivity index (χ1) is 9.15. The molecule has 0 radical (unpaired) electrons. The average Bonchev–Trinajstić information content (AvgIpc) is 3.15. The van der Waals surface area contributed by atoms with Crippen molar-refractivity contribution in [1.29, 1.82) is 0 Å². The largest absolute Gasteiger partial charge is 0.354 e. The van der Waals surface area contributed by atoms with Crippen LogP contribution in [0.5, 0.6) is 0 Å². The van der Waals surface area contributed by atoms with Gasteiger partial charge in [0.15, 0.2) is 0 Å². The molecule has 0 bridgehead atoms. The Bertz CT molecular complexity index is 617. The molecule has 1 aliphatic carbocycles. The Kier molecular flexibility index (Phi) is 4.13. The maximum absolute atomic E-state index is 12.3. The van der Waals surface area contributed by atoms with Gasteiger partial charge in [0, 0.05) is 23.8 Å². The molecule has 1 N–H and O–H groups in total. The number of aromatic nitrogens is 2. The van der Waals surface area contributed by atoms with Crippen molar-refractivity contribution in [2.75, 3.05) is 0 Å². The minimum Gasteiger partial charge on any atom is -0.354 e. The van der Waals surface area contributed by atoms with E-state index < -0.39 is 0 Å². The maximum atomic E-state index is 12.3. The molecular formula is C16H24N2O. The second-order valence-corrected chi connectivity index (χ2v) is 5.28. The molecule has 0 saturated heterocycles. The topological polar surface area (TPSA) is 37.8 Å². The Morgan fingerprint density at radius 3 is 2.63 bits per heavy atom. The summed E-state index contributed by atoms with van der Waals surface area (Å²) in [6, 6.07) is 2.05. The first kappa shape index (κ1) is 13.9. The minimum atomic E-state index is 0.124. The molecule has 3 heteroatoms. The minimum absolute atomic E-state index is 0.124. The second-order valence-electron chi connectivity index (χ2n) is 5.28. The third-order valence-electron chi connectivity index (χ3n) is 3.68. The van der Waals surface area contributed by atoms with Crippen molar-refractivity contribution in [1.82, 2.24) is 9.55 Å². The maximum Gasteiger partial charge on any atom is 0.274 e. The van der Waals surface area contributed by atoms with Gasteiger partial charge >= 0.3 is 0 Å². The highest BCUT2D eigenvalue weighted by Crippen LogP contribution is 2.32. The van der Waals surface area contributed by atoms with Crippen LogP contribution in [0.25, 0.3) is 10.9 Å². The molecule has 2 heterocycles. The number of aromatic amines is 1. The van der Waals surface area contributed by atoms with Crippen molar-refractivity contribution in [3.05, 3.63) is 33.9 Å². The highest BCUT2D eigenvalue weighted by atomic mass is 16.1. The van der Waals surface area contributed by atoms with E-state index in [-0.39, 0.29) is 5.56 Å². The molecule has 1 fully saturated rings. The molecule has 0 aliphatic heterocycles. The quantitative estimate of drug-likeness (QED) is 0.896. The fraction of sp³-hybridized carbons (Fsp3) is 0.562. The number of hydrogen-bond acceptors (Lipinski definition) is 1. The van der Waals surface area contributed by atoms with Crippen molar-refractivity contribution in [3.8, 4) is 0 Å². The molecule has 3 rings (SSSR count). The van der Waals surface area contributed by atoms with Gasteiger partial charge in [-0.15, -0.1) is 0 Å². The lowest BCUT2D eigenvalue weighted by molar-refractivity contribution is 0.583. The van der Waals surface area contributed by atoms with Crippen LogP contribution < -0.4 is 5.56 Å². The summed E-state index contributed by atoms with van der Waals surface area (Å²) >= 11 is 0. The van der Waals surface area contributed by atoms with Gasteiger partial charge in [0.2, 0.25) is 0 Å². The lowest BCUT2D eigenvalue weighted by Gasteiger charge is -2.07. The van der Waals surface area contributed by atoms with Gasteiger partial charge in [-0.3, -0.25) is 4.79 Å². The van der Waals surface area contributed by atoms with Crippen molar-refractivity contribution < 1.29 is 0 Å². The van der Waals surface area contributed by atoms with E-state index in [2.05, 4.69) is 18.0 Å². The molecule has 104 valence electrons. The number of aryl methyl sites for hydroxylation is 3. The molecule has 3 nitrogen and oxygen atoms in total. The van der Waals surface area contributed by atoms with Gasteiger partial charge in [0.05, 0.1) is 0 Å². The van der Waals surface area contributed by atoms with Crippen LogP contribution in [0.1, 0.15) is 44.4 Å². The Labute approximate surface area is 114 Å². The van der Waals surface area contributed by atoms with E-state index in [1.54, 1.807) is 0 Å². The van der Waals surface area contributed by atoms with E-state index in [0.717, 1.165) is 35.5 Å². The fourth-order valence-electron chi connectivity index (χ4n) is 2.47. The van der Waals surface area contributed by atoms with Crippen molar-refractivity contribution in [3.63, 3.8) is 0 Å². The summed E-state index contributed by atoms with van der Waals surface area (Å²) in [5.41, 5.74) is 3.12. The van der Waals surface area contributed by atoms with E-state index >= 15 is 0 Å². The molecule has 2 aromatic rings. The lowest BCUT2D eigenvalue weighted by atomic mass is 10.2. The van der Waals surface area contributed by atoms with Crippen LogP contribution in [0.4, 0.5) is 0 Å². The monoisotopic (exact) mass is 260 g/mol. The summed E-state index contributed by atoms with van der Waals surface area (Å²) in [4.78, 5) is 15.4. The molecule has 0 spiro atoms. The third-order valence-corrected chi connectivity index (χ3v) is 3.68. The summed E-state index contributed by atoms with van der Waals surface area (Å²) in [5.74, 6) is 0.864. The van der Waals surface area contributed by atoms with E-state index in [1.165, 1.54) is 18.4 Å². The van der Waals surface area contributed by atoms with Crippen LogP contribution in [0.15, 0.2) is 17.1 Å². The van der Waals surface area contributed by atoms with Gasteiger partial charge in [-0.05, 0) is 37.8 Å². The summed E-state index contributed by atoms with van der Waals surface area (Å²) in [6.07, 6.45) is 5.83. The molecule has 0 amide bonds. The highest BCUT2D eigenvalue weighted by molar-refractivity contribution is 5.82. The molecule has 1 aliphatic rings. The fourth-order valence-corrected chi connectivity index (χ4v) is 2.47. The molecule has 0 unspecified atom stereocenters. The Morgan fingerprint density at radius 2 is 2.00 bits per heavy atom. The summed E-state index contributed by atoms with van der Waals surface area (Å²) in [6.45, 7) is 8.93. The summed E-state index contributed by atoms with van der Waals surface area (Å²) in [7, 11) is 0. The number of nitrogens with one attached hydrogen (secondary N) is 1. The van der Waals surface area contributed by atoms with Crippen molar-refractivity contribution in [2.45, 2.75) is 53.5 Å². The van der Waals surface area contributed by atoms with Gasteiger partial charge < -0.3 is 9.55 Å². The van der Waals surface area contributed by atoms with Crippen LogP contribution in [0, 0.1) is 19.8 Å². The average molecular weight is 260 g/mol. The van der Waals surface area contributed by atoms with Gasteiger partial charge in [0.1, 0.15) is 5.52 Å². The van der Waals surface area contributed by atoms with E-state index in [4.69, 9.17) is 0 Å². The second kappa shape index (κ2) is 5.64. The molecule has 2 aromatic heterocycles. The zero-order chi connectivity index (χ0) is 14.0. The first-order valence-electron chi connectivity index (χ1n) is 7.34. The Morgan fingerprint density at radius 1 is 1.32 bits per heavy atom. The van der Waals surface area contributed by atoms with Crippen LogP contribution in [0.3, 0.4) is 0 Å². The van der Waals surface area contributed by atoms with Crippen LogP contribution >= 0.6 is 0 Å². The zero-order valence-electron chi connectivity index (χ0n) is 12.4. The van der Waals surface area contributed by atoms with E-state index in [1.807, 2.05) is 31.5 Å². The highest BCUT2D eigenvalue weighted by Gasteiger charge is 2.21. The molecular weight excluding hydrogens is 236 g/mol. The predicted octanol–water partition coefficient (Wildman–Crippen LogP) is 3.77.